The molecule has 23 heavy (non-hydrogen) atoms. The summed E-state index contributed by atoms with van der Waals surface area (Å²) in [6, 6.07) is 8.06. The lowest BCUT2D eigenvalue weighted by molar-refractivity contribution is -0.120. The van der Waals surface area contributed by atoms with E-state index in [0.717, 1.165) is 37.2 Å². The predicted octanol–water partition coefficient (Wildman–Crippen LogP) is 3.47. The molecule has 1 aliphatic carbocycles. The number of hydrogen-bond donors (Lipinski definition) is 2. The highest BCUT2D eigenvalue weighted by Gasteiger charge is 2.21. The fraction of sp³-hybridized carbons (Fsp3) is 0.632. The van der Waals surface area contributed by atoms with Gasteiger partial charge in [0.15, 0.2) is 0 Å². The number of hydrogen-bond acceptors (Lipinski definition) is 3. The van der Waals surface area contributed by atoms with Gasteiger partial charge < -0.3 is 15.4 Å². The lowest BCUT2D eigenvalue weighted by Crippen LogP contribution is -2.37. The Hall–Kier alpha value is -1.39. The van der Waals surface area contributed by atoms with E-state index in [1.165, 1.54) is 32.1 Å². The molecule has 2 fully saturated rings. The van der Waals surface area contributed by atoms with Crippen molar-refractivity contribution in [2.75, 3.05) is 18.4 Å². The molecule has 4 nitrogen and oxygen atoms in total. The molecule has 0 bridgehead atoms. The van der Waals surface area contributed by atoms with Crippen molar-refractivity contribution in [2.45, 2.75) is 57.7 Å². The highest BCUT2D eigenvalue weighted by Crippen LogP contribution is 2.22. The zero-order valence-corrected chi connectivity index (χ0v) is 13.9. The Morgan fingerprint density at radius 2 is 2.04 bits per heavy atom. The first-order valence-corrected chi connectivity index (χ1v) is 9.03. The molecule has 1 heterocycles. The number of piperidine rings is 1. The maximum atomic E-state index is 12.3. The molecule has 1 aromatic rings. The molecule has 1 unspecified atom stereocenters. The van der Waals surface area contributed by atoms with Crippen molar-refractivity contribution in [2.24, 2.45) is 5.92 Å². The van der Waals surface area contributed by atoms with E-state index in [9.17, 15) is 4.79 Å². The number of anilines is 1. The highest BCUT2D eigenvalue weighted by atomic mass is 16.5. The summed E-state index contributed by atoms with van der Waals surface area (Å²) in [6.07, 6.45) is 8.76. The summed E-state index contributed by atoms with van der Waals surface area (Å²) >= 11 is 0. The largest absolute Gasteiger partial charge is 0.374 e. The van der Waals surface area contributed by atoms with Crippen molar-refractivity contribution in [3.63, 3.8) is 0 Å². The number of benzene rings is 1. The number of rotatable bonds is 5. The first-order chi connectivity index (χ1) is 11.3. The minimum atomic E-state index is 0.0888. The maximum Gasteiger partial charge on any atom is 0.228 e. The molecular weight excluding hydrogens is 288 g/mol. The van der Waals surface area contributed by atoms with E-state index < -0.39 is 0 Å². The van der Waals surface area contributed by atoms with Gasteiger partial charge >= 0.3 is 0 Å². The lowest BCUT2D eigenvalue weighted by Gasteiger charge is -2.23. The number of carbonyl (C=O) groups is 1. The lowest BCUT2D eigenvalue weighted by atomic mass is 9.98. The fourth-order valence-corrected chi connectivity index (χ4v) is 3.50. The van der Waals surface area contributed by atoms with E-state index in [-0.39, 0.29) is 11.8 Å². The van der Waals surface area contributed by atoms with Crippen LogP contribution in [0.4, 0.5) is 5.69 Å². The van der Waals surface area contributed by atoms with Crippen LogP contribution in [-0.4, -0.2) is 25.1 Å². The Labute approximate surface area is 139 Å². The molecule has 3 rings (SSSR count). The van der Waals surface area contributed by atoms with Crippen LogP contribution in [0, 0.1) is 5.92 Å². The van der Waals surface area contributed by atoms with Crippen LogP contribution in [0.5, 0.6) is 0 Å². The minimum Gasteiger partial charge on any atom is -0.374 e. The molecule has 1 amide bonds. The van der Waals surface area contributed by atoms with Gasteiger partial charge in [-0.05, 0) is 49.9 Å². The summed E-state index contributed by atoms with van der Waals surface area (Å²) in [6.45, 7) is 2.45. The van der Waals surface area contributed by atoms with Gasteiger partial charge in [-0.1, -0.05) is 31.4 Å². The maximum absolute atomic E-state index is 12.3. The van der Waals surface area contributed by atoms with Crippen molar-refractivity contribution in [3.05, 3.63) is 29.8 Å². The summed E-state index contributed by atoms with van der Waals surface area (Å²) < 4.78 is 6.02. The van der Waals surface area contributed by atoms with E-state index in [0.29, 0.717) is 12.7 Å². The summed E-state index contributed by atoms with van der Waals surface area (Å²) in [5, 5.41) is 6.34. The molecule has 2 N–H and O–H groups in total. The third kappa shape index (κ3) is 5.05. The van der Waals surface area contributed by atoms with Crippen LogP contribution in [0.25, 0.3) is 0 Å². The van der Waals surface area contributed by atoms with Gasteiger partial charge in [-0.2, -0.15) is 0 Å². The van der Waals surface area contributed by atoms with E-state index in [4.69, 9.17) is 4.74 Å². The van der Waals surface area contributed by atoms with E-state index in [2.05, 4.69) is 16.7 Å². The van der Waals surface area contributed by atoms with Gasteiger partial charge in [-0.15, -0.1) is 0 Å². The van der Waals surface area contributed by atoms with Gasteiger partial charge in [0.2, 0.25) is 5.91 Å². The number of ether oxygens (including phenoxy) is 1. The second-order valence-electron chi connectivity index (χ2n) is 6.80. The van der Waals surface area contributed by atoms with Crippen LogP contribution in [0.15, 0.2) is 24.3 Å². The van der Waals surface area contributed by atoms with Gasteiger partial charge in [0.25, 0.3) is 0 Å². The topological polar surface area (TPSA) is 50.4 Å². The monoisotopic (exact) mass is 316 g/mol. The average molecular weight is 316 g/mol. The van der Waals surface area contributed by atoms with Crippen LogP contribution in [0.1, 0.15) is 50.5 Å². The van der Waals surface area contributed by atoms with Crippen molar-refractivity contribution >= 4 is 11.6 Å². The molecule has 4 heteroatoms. The standard InChI is InChI=1S/C19H28N2O2/c22-19(16-7-5-11-20-13-16)21-17-8-4-6-15(12-17)14-23-18-9-2-1-3-10-18/h4,6,8,12,16,18,20H,1-3,5,7,9-11,13-14H2,(H,21,22). The Balaban J connectivity index is 1.51. The van der Waals surface area contributed by atoms with Crippen LogP contribution in [0.2, 0.25) is 0 Å². The summed E-state index contributed by atoms with van der Waals surface area (Å²) in [5.74, 6) is 0.216. The zero-order chi connectivity index (χ0) is 15.9. The molecule has 0 radical (unpaired) electrons. The third-order valence-electron chi connectivity index (χ3n) is 4.90. The van der Waals surface area contributed by atoms with Crippen molar-refractivity contribution in [1.82, 2.24) is 5.32 Å². The van der Waals surface area contributed by atoms with Crippen molar-refractivity contribution < 1.29 is 9.53 Å². The molecule has 1 saturated heterocycles. The number of amides is 1. The SMILES string of the molecule is O=C(Nc1cccc(COC2CCCCC2)c1)C1CCCNC1. The number of nitrogens with one attached hydrogen (secondary N) is 2. The third-order valence-corrected chi connectivity index (χ3v) is 4.90. The van der Waals surface area contributed by atoms with Crippen molar-refractivity contribution in [3.8, 4) is 0 Å². The van der Waals surface area contributed by atoms with Crippen LogP contribution in [-0.2, 0) is 16.1 Å². The van der Waals surface area contributed by atoms with Crippen LogP contribution in [0.3, 0.4) is 0 Å². The number of carbonyl (C=O) groups excluding carboxylic acids is 1. The van der Waals surface area contributed by atoms with Gasteiger partial charge in [0, 0.05) is 12.2 Å². The van der Waals surface area contributed by atoms with Gasteiger partial charge in [0.05, 0.1) is 18.6 Å². The Morgan fingerprint density at radius 3 is 2.83 bits per heavy atom. The second-order valence-corrected chi connectivity index (χ2v) is 6.80. The Bertz CT molecular complexity index is 506. The normalized spacial score (nSPS) is 22.7. The summed E-state index contributed by atoms with van der Waals surface area (Å²) in [5.41, 5.74) is 2.01. The fourth-order valence-electron chi connectivity index (χ4n) is 3.50. The van der Waals surface area contributed by atoms with Gasteiger partial charge in [0.1, 0.15) is 0 Å². The molecule has 0 aromatic heterocycles. The first-order valence-electron chi connectivity index (χ1n) is 9.03. The van der Waals surface area contributed by atoms with Crippen molar-refractivity contribution in [1.29, 1.82) is 0 Å². The van der Waals surface area contributed by atoms with Gasteiger partial charge in [-0.3, -0.25) is 4.79 Å². The second kappa shape index (κ2) is 8.46. The molecule has 2 aliphatic rings. The quantitative estimate of drug-likeness (QED) is 0.874. The van der Waals surface area contributed by atoms with E-state index in [1.54, 1.807) is 0 Å². The average Bonchev–Trinajstić information content (AvgIpc) is 2.62. The summed E-state index contributed by atoms with van der Waals surface area (Å²) in [4.78, 5) is 12.3. The van der Waals surface area contributed by atoms with Crippen LogP contribution >= 0.6 is 0 Å². The molecule has 126 valence electrons. The minimum absolute atomic E-state index is 0.0888. The van der Waals surface area contributed by atoms with Crippen LogP contribution < -0.4 is 10.6 Å². The first kappa shape index (κ1) is 16.5. The van der Waals surface area contributed by atoms with E-state index in [1.807, 2.05) is 18.2 Å². The molecule has 1 aromatic carbocycles. The molecule has 0 spiro atoms. The predicted molar refractivity (Wildman–Crippen MR) is 92.3 cm³/mol. The van der Waals surface area contributed by atoms with E-state index >= 15 is 0 Å². The molecular formula is C19H28N2O2. The Morgan fingerprint density at radius 1 is 1.17 bits per heavy atom. The molecule has 1 atom stereocenters. The molecule has 1 saturated carbocycles. The summed E-state index contributed by atoms with van der Waals surface area (Å²) in [7, 11) is 0. The molecule has 1 aliphatic heterocycles. The zero-order valence-electron chi connectivity index (χ0n) is 13.9. The van der Waals surface area contributed by atoms with Gasteiger partial charge in [-0.25, -0.2) is 0 Å². The smallest absolute Gasteiger partial charge is 0.228 e. The highest BCUT2D eigenvalue weighted by molar-refractivity contribution is 5.92. The Kier molecular flexibility index (Phi) is 6.06.